The largest absolute Gasteiger partial charge is 0.339 e. The average molecular weight is 353 g/mol. The fourth-order valence-electron chi connectivity index (χ4n) is 2.84. The summed E-state index contributed by atoms with van der Waals surface area (Å²) in [6.45, 7) is 1.89. The summed E-state index contributed by atoms with van der Waals surface area (Å²) in [5.41, 5.74) is 1.28. The average Bonchev–Trinajstić information content (AvgIpc) is 2.65. The van der Waals surface area contributed by atoms with Crippen LogP contribution in [0.2, 0.25) is 0 Å². The molecule has 2 aromatic carbocycles. The highest BCUT2D eigenvalue weighted by Crippen LogP contribution is 2.20. The monoisotopic (exact) mass is 353 g/mol. The number of carbonyl (C=O) groups is 1. The topological polar surface area (TPSA) is 66.1 Å². The maximum atomic E-state index is 13.0. The molecule has 26 heavy (non-hydrogen) atoms. The van der Waals surface area contributed by atoms with Crippen LogP contribution in [0.3, 0.4) is 0 Å². The molecular formula is C20H20FN3O2. The lowest BCUT2D eigenvalue weighted by Crippen LogP contribution is -2.30. The van der Waals surface area contributed by atoms with Crippen LogP contribution in [-0.4, -0.2) is 27.8 Å². The predicted octanol–water partition coefficient (Wildman–Crippen LogP) is 3.21. The van der Waals surface area contributed by atoms with Crippen molar-refractivity contribution in [2.75, 3.05) is 7.05 Å². The number of nitrogens with one attached hydrogen (secondary N) is 1. The van der Waals surface area contributed by atoms with Gasteiger partial charge in [-0.25, -0.2) is 9.37 Å². The first-order valence-corrected chi connectivity index (χ1v) is 8.45. The van der Waals surface area contributed by atoms with Crippen LogP contribution >= 0.6 is 0 Å². The van der Waals surface area contributed by atoms with Gasteiger partial charge in [-0.2, -0.15) is 0 Å². The van der Waals surface area contributed by atoms with Gasteiger partial charge in [0.2, 0.25) is 5.91 Å². The second-order valence-corrected chi connectivity index (χ2v) is 6.26. The van der Waals surface area contributed by atoms with Crippen LogP contribution in [0.15, 0.2) is 53.3 Å². The van der Waals surface area contributed by atoms with Gasteiger partial charge in [-0.1, -0.05) is 24.3 Å². The van der Waals surface area contributed by atoms with Gasteiger partial charge in [-0.3, -0.25) is 9.59 Å². The first kappa shape index (κ1) is 17.8. The number of rotatable bonds is 5. The van der Waals surface area contributed by atoms with Gasteiger partial charge in [0.1, 0.15) is 11.6 Å². The molecule has 1 amide bonds. The van der Waals surface area contributed by atoms with E-state index in [0.717, 1.165) is 5.56 Å². The maximum Gasteiger partial charge on any atom is 0.258 e. The summed E-state index contributed by atoms with van der Waals surface area (Å²) >= 11 is 0. The molecule has 0 saturated heterocycles. The van der Waals surface area contributed by atoms with Crippen LogP contribution in [-0.2, 0) is 11.2 Å². The molecule has 1 heterocycles. The Morgan fingerprint density at radius 2 is 1.88 bits per heavy atom. The molecule has 0 bridgehead atoms. The Balaban J connectivity index is 1.68. The van der Waals surface area contributed by atoms with Crippen molar-refractivity contribution in [3.8, 4) is 0 Å². The number of aromatic nitrogens is 2. The predicted molar refractivity (Wildman–Crippen MR) is 98.3 cm³/mol. The number of aryl methyl sites for hydroxylation is 1. The van der Waals surface area contributed by atoms with Crippen LogP contribution in [0.4, 0.5) is 4.39 Å². The number of para-hydroxylation sites is 1. The molecule has 1 atom stereocenters. The summed E-state index contributed by atoms with van der Waals surface area (Å²) in [6, 6.07) is 13.0. The number of H-pyrrole nitrogens is 1. The van der Waals surface area contributed by atoms with E-state index < -0.39 is 0 Å². The Bertz CT molecular complexity index is 982. The summed E-state index contributed by atoms with van der Waals surface area (Å²) in [5.74, 6) is 0.115. The van der Waals surface area contributed by atoms with Crippen molar-refractivity contribution in [3.63, 3.8) is 0 Å². The van der Waals surface area contributed by atoms with Crippen molar-refractivity contribution in [1.29, 1.82) is 0 Å². The number of hydrogen-bond acceptors (Lipinski definition) is 3. The minimum Gasteiger partial charge on any atom is -0.339 e. The standard InChI is InChI=1S/C20H20FN3O2/c1-13(14-7-9-15(21)10-8-14)24(2)19(25)12-11-18-22-17-6-4-3-5-16(17)20(26)23-18/h3-10,13H,11-12H2,1-2H3,(H,22,23,26). The molecule has 1 N–H and O–H groups in total. The van der Waals surface area contributed by atoms with E-state index in [-0.39, 0.29) is 29.7 Å². The summed E-state index contributed by atoms with van der Waals surface area (Å²) in [6.07, 6.45) is 0.572. The fourth-order valence-corrected chi connectivity index (χ4v) is 2.84. The van der Waals surface area contributed by atoms with Crippen LogP contribution in [0.5, 0.6) is 0 Å². The van der Waals surface area contributed by atoms with Gasteiger partial charge in [0, 0.05) is 19.9 Å². The third-order valence-corrected chi connectivity index (χ3v) is 4.56. The van der Waals surface area contributed by atoms with Gasteiger partial charge in [0.25, 0.3) is 5.56 Å². The minimum absolute atomic E-state index is 0.0716. The first-order chi connectivity index (χ1) is 12.5. The van der Waals surface area contributed by atoms with Gasteiger partial charge in [0.15, 0.2) is 0 Å². The molecule has 1 aromatic heterocycles. The Labute approximate surface area is 150 Å². The molecule has 6 heteroatoms. The van der Waals surface area contributed by atoms with E-state index in [2.05, 4.69) is 9.97 Å². The molecule has 0 fully saturated rings. The Hall–Kier alpha value is -3.02. The number of nitrogens with zero attached hydrogens (tertiary/aromatic N) is 2. The normalized spacial score (nSPS) is 12.1. The van der Waals surface area contributed by atoms with Crippen LogP contribution in [0.25, 0.3) is 10.9 Å². The van der Waals surface area contributed by atoms with E-state index in [1.807, 2.05) is 13.0 Å². The molecule has 3 aromatic rings. The van der Waals surface area contributed by atoms with Crippen molar-refractivity contribution in [3.05, 3.63) is 76.1 Å². The molecule has 0 radical (unpaired) electrons. The maximum absolute atomic E-state index is 13.0. The van der Waals surface area contributed by atoms with Crippen LogP contribution in [0.1, 0.15) is 30.8 Å². The van der Waals surface area contributed by atoms with Gasteiger partial charge in [-0.15, -0.1) is 0 Å². The van der Waals surface area contributed by atoms with Gasteiger partial charge < -0.3 is 9.88 Å². The second kappa shape index (κ2) is 7.47. The van der Waals surface area contributed by atoms with E-state index in [1.165, 1.54) is 12.1 Å². The van der Waals surface area contributed by atoms with E-state index in [0.29, 0.717) is 23.1 Å². The molecule has 5 nitrogen and oxygen atoms in total. The number of fused-ring (bicyclic) bond motifs is 1. The molecule has 0 spiro atoms. The van der Waals surface area contributed by atoms with Crippen molar-refractivity contribution in [1.82, 2.24) is 14.9 Å². The van der Waals surface area contributed by atoms with Crippen molar-refractivity contribution >= 4 is 16.8 Å². The Kier molecular flexibility index (Phi) is 5.11. The molecule has 1 unspecified atom stereocenters. The second-order valence-electron chi connectivity index (χ2n) is 6.26. The highest BCUT2D eigenvalue weighted by molar-refractivity contribution is 5.78. The van der Waals surface area contributed by atoms with Crippen molar-refractivity contribution < 1.29 is 9.18 Å². The first-order valence-electron chi connectivity index (χ1n) is 8.45. The lowest BCUT2D eigenvalue weighted by atomic mass is 10.1. The van der Waals surface area contributed by atoms with Gasteiger partial charge in [0.05, 0.1) is 16.9 Å². The lowest BCUT2D eigenvalue weighted by Gasteiger charge is -2.25. The SMILES string of the molecule is CC(c1ccc(F)cc1)N(C)C(=O)CCc1nc2ccccc2c(=O)[nH]1. The number of halogens is 1. The van der Waals surface area contributed by atoms with E-state index in [4.69, 9.17) is 0 Å². The highest BCUT2D eigenvalue weighted by Gasteiger charge is 2.17. The zero-order valence-corrected chi connectivity index (χ0v) is 14.7. The Morgan fingerprint density at radius 1 is 1.19 bits per heavy atom. The number of carbonyl (C=O) groups excluding carboxylic acids is 1. The molecular weight excluding hydrogens is 333 g/mol. The fraction of sp³-hybridized carbons (Fsp3) is 0.250. The van der Waals surface area contributed by atoms with Gasteiger partial charge in [-0.05, 0) is 36.8 Å². The molecule has 0 aliphatic rings. The van der Waals surface area contributed by atoms with Crippen molar-refractivity contribution in [2.45, 2.75) is 25.8 Å². The molecule has 134 valence electrons. The zero-order valence-electron chi connectivity index (χ0n) is 14.7. The molecule has 0 saturated carbocycles. The third kappa shape index (κ3) is 3.79. The number of aromatic amines is 1. The number of amides is 1. The minimum atomic E-state index is -0.304. The van der Waals surface area contributed by atoms with Crippen LogP contribution < -0.4 is 5.56 Å². The van der Waals surface area contributed by atoms with E-state index >= 15 is 0 Å². The summed E-state index contributed by atoms with van der Waals surface area (Å²) in [7, 11) is 1.72. The summed E-state index contributed by atoms with van der Waals surface area (Å²) in [5, 5.41) is 0.532. The zero-order chi connectivity index (χ0) is 18.7. The number of benzene rings is 2. The lowest BCUT2D eigenvalue weighted by molar-refractivity contribution is -0.131. The Morgan fingerprint density at radius 3 is 2.62 bits per heavy atom. The van der Waals surface area contributed by atoms with E-state index in [1.54, 1.807) is 42.3 Å². The highest BCUT2D eigenvalue weighted by atomic mass is 19.1. The van der Waals surface area contributed by atoms with Crippen LogP contribution in [0, 0.1) is 5.82 Å². The summed E-state index contributed by atoms with van der Waals surface area (Å²) < 4.78 is 13.0. The quantitative estimate of drug-likeness (QED) is 0.766. The van der Waals surface area contributed by atoms with E-state index in [9.17, 15) is 14.0 Å². The number of hydrogen-bond donors (Lipinski definition) is 1. The molecule has 3 rings (SSSR count). The molecule has 0 aliphatic carbocycles. The third-order valence-electron chi connectivity index (χ3n) is 4.56. The summed E-state index contributed by atoms with van der Waals surface area (Å²) in [4.78, 5) is 33.3. The van der Waals surface area contributed by atoms with Gasteiger partial charge >= 0.3 is 0 Å². The smallest absolute Gasteiger partial charge is 0.258 e. The molecule has 0 aliphatic heterocycles. The van der Waals surface area contributed by atoms with Crippen molar-refractivity contribution in [2.24, 2.45) is 0 Å².